The fraction of sp³-hybridized carbons (Fsp3) is 0.300. The largest absolute Gasteiger partial charge is 0.350 e. The number of hydrogen-bond acceptors (Lipinski definition) is 4. The lowest BCUT2D eigenvalue weighted by atomic mass is 10.1. The van der Waals surface area contributed by atoms with Gasteiger partial charge in [-0.15, -0.1) is 0 Å². The Bertz CT molecular complexity index is 1040. The Hall–Kier alpha value is -2.67. The zero-order valence-electron chi connectivity index (χ0n) is 15.0. The van der Waals surface area contributed by atoms with Gasteiger partial charge in [-0.25, -0.2) is 8.42 Å². The van der Waals surface area contributed by atoms with Crippen molar-refractivity contribution in [1.29, 1.82) is 0 Å². The van der Waals surface area contributed by atoms with Crippen LogP contribution in [0.15, 0.2) is 52.4 Å². The molecule has 0 unspecified atom stereocenters. The Labute approximate surface area is 158 Å². The number of fused-ring (bicyclic) bond motifs is 2. The van der Waals surface area contributed by atoms with E-state index in [0.717, 1.165) is 18.4 Å². The first kappa shape index (κ1) is 17.7. The molecule has 1 aliphatic heterocycles. The number of nitrogens with one attached hydrogen (secondary N) is 2. The molecule has 1 atom stereocenters. The fourth-order valence-electron chi connectivity index (χ4n) is 3.55. The van der Waals surface area contributed by atoms with Gasteiger partial charge in [0.1, 0.15) is 11.9 Å². The molecule has 1 heterocycles. The van der Waals surface area contributed by atoms with Crippen molar-refractivity contribution in [3.05, 3.63) is 64.7 Å². The molecule has 2 aliphatic rings. The molecule has 2 aromatic carbocycles. The van der Waals surface area contributed by atoms with Gasteiger partial charge in [-0.05, 0) is 55.0 Å². The molecule has 27 heavy (non-hydrogen) atoms. The van der Waals surface area contributed by atoms with Gasteiger partial charge in [0.2, 0.25) is 5.91 Å². The molecular weight excluding hydrogens is 362 g/mol. The highest BCUT2D eigenvalue weighted by Gasteiger charge is 2.31. The van der Waals surface area contributed by atoms with E-state index in [2.05, 4.69) is 27.2 Å². The average Bonchev–Trinajstić information content (AvgIpc) is 3.22. The third-order valence-corrected chi connectivity index (χ3v) is 6.39. The summed E-state index contributed by atoms with van der Waals surface area (Å²) in [6.07, 6.45) is 3.42. The number of rotatable bonds is 4. The Morgan fingerprint density at radius 1 is 1.19 bits per heavy atom. The summed E-state index contributed by atoms with van der Waals surface area (Å²) in [6.45, 7) is 2.09. The van der Waals surface area contributed by atoms with Crippen LogP contribution in [0.1, 0.15) is 35.6 Å². The smallest absolute Gasteiger partial charge is 0.263 e. The van der Waals surface area contributed by atoms with Crippen LogP contribution in [0.25, 0.3) is 0 Å². The summed E-state index contributed by atoms with van der Waals surface area (Å²) in [5.74, 6) is -0.0302. The number of aliphatic imine (C=N–C) groups is 1. The van der Waals surface area contributed by atoms with Crippen LogP contribution in [0.4, 0.5) is 0 Å². The van der Waals surface area contributed by atoms with Gasteiger partial charge in [-0.3, -0.25) is 14.5 Å². The van der Waals surface area contributed by atoms with E-state index in [9.17, 15) is 13.2 Å². The van der Waals surface area contributed by atoms with Crippen LogP contribution < -0.4 is 10.0 Å². The molecule has 140 valence electrons. The van der Waals surface area contributed by atoms with Crippen molar-refractivity contribution >= 4 is 21.8 Å². The van der Waals surface area contributed by atoms with E-state index in [1.165, 1.54) is 23.6 Å². The number of aryl methyl sites for hydroxylation is 2. The highest BCUT2D eigenvalue weighted by atomic mass is 32.2. The number of amidine groups is 1. The van der Waals surface area contributed by atoms with Crippen molar-refractivity contribution < 1.29 is 13.2 Å². The van der Waals surface area contributed by atoms with Gasteiger partial charge >= 0.3 is 0 Å². The summed E-state index contributed by atoms with van der Waals surface area (Å²) in [6, 6.07) is 12.2. The van der Waals surface area contributed by atoms with Crippen LogP contribution in [0.2, 0.25) is 0 Å². The maximum absolute atomic E-state index is 12.4. The maximum atomic E-state index is 12.4. The predicted octanol–water partition coefficient (Wildman–Crippen LogP) is 1.92. The van der Waals surface area contributed by atoms with E-state index in [-0.39, 0.29) is 16.6 Å². The first-order valence-electron chi connectivity index (χ1n) is 9.02. The zero-order valence-corrected chi connectivity index (χ0v) is 15.8. The van der Waals surface area contributed by atoms with Crippen molar-refractivity contribution in [2.24, 2.45) is 4.99 Å². The molecule has 0 spiro atoms. The first-order valence-corrected chi connectivity index (χ1v) is 10.5. The molecule has 0 radical (unpaired) electrons. The van der Waals surface area contributed by atoms with E-state index in [4.69, 9.17) is 0 Å². The van der Waals surface area contributed by atoms with Gasteiger partial charge in [0.05, 0.1) is 4.90 Å². The van der Waals surface area contributed by atoms with Gasteiger partial charge in [-0.2, -0.15) is 0 Å². The van der Waals surface area contributed by atoms with Gasteiger partial charge in [0.25, 0.3) is 10.0 Å². The highest BCUT2D eigenvalue weighted by molar-refractivity contribution is 7.90. The Kier molecular flexibility index (Phi) is 4.47. The average molecular weight is 383 g/mol. The lowest BCUT2D eigenvalue weighted by molar-refractivity contribution is -0.122. The molecule has 1 aliphatic carbocycles. The van der Waals surface area contributed by atoms with Gasteiger partial charge in [0.15, 0.2) is 0 Å². The van der Waals surface area contributed by atoms with Gasteiger partial charge in [-0.1, -0.05) is 30.3 Å². The zero-order chi connectivity index (χ0) is 19.0. The summed E-state index contributed by atoms with van der Waals surface area (Å²) >= 11 is 0. The van der Waals surface area contributed by atoms with Crippen molar-refractivity contribution in [1.82, 2.24) is 10.0 Å². The fourth-order valence-corrected chi connectivity index (χ4v) is 4.79. The summed E-state index contributed by atoms with van der Waals surface area (Å²) in [4.78, 5) is 16.9. The van der Waals surface area contributed by atoms with E-state index >= 15 is 0 Å². The minimum atomic E-state index is -3.60. The van der Waals surface area contributed by atoms with E-state index < -0.39 is 16.1 Å². The Balaban J connectivity index is 1.45. The van der Waals surface area contributed by atoms with Gasteiger partial charge in [0, 0.05) is 12.1 Å². The quantitative estimate of drug-likeness (QED) is 0.846. The SMILES string of the molecule is C[C@H](N=C1NS(=O)(=O)c2ccccc21)C(=O)NCc1ccc2c(c1)CCC2. The topological polar surface area (TPSA) is 87.6 Å². The van der Waals surface area contributed by atoms with Gasteiger partial charge < -0.3 is 5.32 Å². The molecule has 6 nitrogen and oxygen atoms in total. The minimum absolute atomic E-state index is 0.189. The molecule has 0 bridgehead atoms. The first-order chi connectivity index (χ1) is 12.9. The summed E-state index contributed by atoms with van der Waals surface area (Å²) in [7, 11) is -3.60. The molecule has 0 aromatic heterocycles. The van der Waals surface area contributed by atoms with Crippen LogP contribution in [-0.2, 0) is 34.2 Å². The second-order valence-corrected chi connectivity index (χ2v) is 8.58. The van der Waals surface area contributed by atoms with Crippen LogP contribution >= 0.6 is 0 Å². The van der Waals surface area contributed by atoms with Crippen LogP contribution in [0.3, 0.4) is 0 Å². The molecule has 2 aromatic rings. The van der Waals surface area contributed by atoms with Crippen molar-refractivity contribution in [2.75, 3.05) is 0 Å². The number of nitrogens with zero attached hydrogens (tertiary/aromatic N) is 1. The Morgan fingerprint density at radius 2 is 1.96 bits per heavy atom. The maximum Gasteiger partial charge on any atom is 0.263 e. The van der Waals surface area contributed by atoms with E-state index in [1.807, 2.05) is 6.07 Å². The number of carbonyl (C=O) groups is 1. The lowest BCUT2D eigenvalue weighted by Gasteiger charge is -2.11. The number of amides is 1. The molecule has 4 rings (SSSR count). The molecule has 0 saturated carbocycles. The summed E-state index contributed by atoms with van der Waals surface area (Å²) < 4.78 is 26.7. The monoisotopic (exact) mass is 383 g/mol. The van der Waals surface area contributed by atoms with E-state index in [1.54, 1.807) is 25.1 Å². The second kappa shape index (κ2) is 6.81. The van der Waals surface area contributed by atoms with Crippen LogP contribution in [0, 0.1) is 0 Å². The standard InChI is InChI=1S/C20H21N3O3S/c1-13(22-19-17-7-2-3-8-18(17)27(25,26)23-19)20(24)21-12-14-9-10-15-5-4-6-16(15)11-14/h2-3,7-11,13H,4-6,12H2,1H3,(H,21,24)(H,22,23)/t13-/m0/s1. The number of benzene rings is 2. The molecule has 1 amide bonds. The highest BCUT2D eigenvalue weighted by Crippen LogP contribution is 2.23. The third-order valence-electron chi connectivity index (χ3n) is 4.99. The molecular formula is C20H21N3O3S. The van der Waals surface area contributed by atoms with Crippen LogP contribution in [0.5, 0.6) is 0 Å². The van der Waals surface area contributed by atoms with E-state index in [0.29, 0.717) is 12.1 Å². The van der Waals surface area contributed by atoms with Crippen molar-refractivity contribution in [2.45, 2.75) is 43.7 Å². The molecule has 2 N–H and O–H groups in total. The number of carbonyl (C=O) groups excluding carboxylic acids is 1. The lowest BCUT2D eigenvalue weighted by Crippen LogP contribution is -2.33. The summed E-state index contributed by atoms with van der Waals surface area (Å²) in [5, 5.41) is 2.89. The Morgan fingerprint density at radius 3 is 2.81 bits per heavy atom. The number of hydrogen-bond donors (Lipinski definition) is 2. The van der Waals surface area contributed by atoms with Crippen molar-refractivity contribution in [3.63, 3.8) is 0 Å². The third kappa shape index (κ3) is 3.47. The summed E-state index contributed by atoms with van der Waals surface area (Å²) in [5.41, 5.74) is 4.33. The predicted molar refractivity (Wildman–Crippen MR) is 103 cm³/mol. The van der Waals surface area contributed by atoms with Crippen LogP contribution in [-0.4, -0.2) is 26.2 Å². The molecule has 0 fully saturated rings. The number of sulfonamides is 1. The normalized spacial score (nSPS) is 19.2. The second-order valence-electron chi connectivity index (χ2n) is 6.93. The molecule has 7 heteroatoms. The van der Waals surface area contributed by atoms with Crippen molar-refractivity contribution in [3.8, 4) is 0 Å². The minimum Gasteiger partial charge on any atom is -0.350 e. The molecule has 0 saturated heterocycles.